The maximum absolute atomic E-state index is 14.0. The highest BCUT2D eigenvalue weighted by atomic mass is 79.9. The molecule has 0 amide bonds. The van der Waals surface area contributed by atoms with Gasteiger partial charge in [-0.2, -0.15) is 0 Å². The molecule has 20 heavy (non-hydrogen) atoms. The highest BCUT2D eigenvalue weighted by molar-refractivity contribution is 9.10. The normalized spacial score (nSPS) is 12.7. The van der Waals surface area contributed by atoms with E-state index in [0.29, 0.717) is 0 Å². The van der Waals surface area contributed by atoms with Crippen LogP contribution in [-0.2, 0) is 10.0 Å². The molecule has 5 nitrogen and oxygen atoms in total. The summed E-state index contributed by atoms with van der Waals surface area (Å²) in [5.41, 5.74) is 4.40. The van der Waals surface area contributed by atoms with E-state index in [0.717, 1.165) is 6.07 Å². The van der Waals surface area contributed by atoms with Gasteiger partial charge >= 0.3 is 0 Å². The summed E-state index contributed by atoms with van der Waals surface area (Å²) in [6, 6.07) is 0.978. The van der Waals surface area contributed by atoms with Crippen molar-refractivity contribution in [1.29, 1.82) is 0 Å². The summed E-state index contributed by atoms with van der Waals surface area (Å²) >= 11 is 8.76. The Morgan fingerprint density at radius 2 is 2.10 bits per heavy atom. The number of hydrogen-bond acceptors (Lipinski definition) is 4. The lowest BCUT2D eigenvalue weighted by atomic mass is 9.96. The van der Waals surface area contributed by atoms with Crippen LogP contribution in [0.1, 0.15) is 13.8 Å². The van der Waals surface area contributed by atoms with Crippen LogP contribution in [0.5, 0.6) is 0 Å². The fraction of sp³-hybridized carbons (Fsp3) is 0.455. The zero-order valence-electron chi connectivity index (χ0n) is 10.9. The fourth-order valence-electron chi connectivity index (χ4n) is 1.22. The Balaban J connectivity index is 3.18. The van der Waals surface area contributed by atoms with E-state index in [1.807, 2.05) is 0 Å². The molecule has 0 radical (unpaired) electrons. The predicted octanol–water partition coefficient (Wildman–Crippen LogP) is 2.12. The summed E-state index contributed by atoms with van der Waals surface area (Å²) in [6.45, 7) is 3.05. The van der Waals surface area contributed by atoms with Crippen LogP contribution in [0.15, 0.2) is 15.4 Å². The first kappa shape index (κ1) is 17.6. The molecule has 0 saturated heterocycles. The second-order valence-corrected chi connectivity index (χ2v) is 7.98. The van der Waals surface area contributed by atoms with Gasteiger partial charge in [-0.3, -0.25) is 0 Å². The molecule has 0 aliphatic heterocycles. The number of nitrogen functional groups attached to an aromatic ring is 1. The summed E-state index contributed by atoms with van der Waals surface area (Å²) in [5.74, 6) is -1.07. The van der Waals surface area contributed by atoms with Crippen molar-refractivity contribution in [3.8, 4) is 0 Å². The molecule has 0 saturated carbocycles. The van der Waals surface area contributed by atoms with E-state index >= 15 is 0 Å². The highest BCUT2D eigenvalue weighted by Crippen LogP contribution is 2.34. The van der Waals surface area contributed by atoms with Crippen molar-refractivity contribution in [1.82, 2.24) is 4.72 Å². The number of anilines is 1. The standard InChI is InChI=1S/C11H15BrClFN2O3S/c1-11(2,5-17)4-16-20(18,19)7-3-6(13)8(12)10(15)9(7)14/h3,16-17H,4-5,15H2,1-2H3. The monoisotopic (exact) mass is 388 g/mol. The Morgan fingerprint density at radius 3 is 2.60 bits per heavy atom. The number of aliphatic hydroxyl groups excluding tert-OH is 1. The van der Waals surface area contributed by atoms with Gasteiger partial charge in [0, 0.05) is 18.6 Å². The Bertz CT molecular complexity index is 623. The first-order chi connectivity index (χ1) is 9.02. The van der Waals surface area contributed by atoms with Crippen LogP contribution in [0.4, 0.5) is 10.1 Å². The first-order valence-electron chi connectivity index (χ1n) is 5.55. The minimum absolute atomic E-state index is 0.00862. The van der Waals surface area contributed by atoms with E-state index in [4.69, 9.17) is 22.4 Å². The van der Waals surface area contributed by atoms with Gasteiger partial charge in [0.1, 0.15) is 4.90 Å². The van der Waals surface area contributed by atoms with Crippen molar-refractivity contribution < 1.29 is 17.9 Å². The third-order valence-corrected chi connectivity index (χ3v) is 5.40. The second kappa shape index (κ2) is 6.15. The molecule has 0 fully saturated rings. The average Bonchev–Trinajstić information content (AvgIpc) is 2.38. The summed E-state index contributed by atoms with van der Waals surface area (Å²) in [4.78, 5) is -0.628. The van der Waals surface area contributed by atoms with Crippen molar-refractivity contribution in [2.75, 3.05) is 18.9 Å². The van der Waals surface area contributed by atoms with Crippen LogP contribution in [-0.4, -0.2) is 26.7 Å². The molecule has 0 bridgehead atoms. The Labute approximate surface area is 130 Å². The summed E-state index contributed by atoms with van der Waals surface area (Å²) in [7, 11) is -4.12. The lowest BCUT2D eigenvalue weighted by molar-refractivity contribution is 0.163. The number of sulfonamides is 1. The molecule has 114 valence electrons. The van der Waals surface area contributed by atoms with E-state index in [1.54, 1.807) is 13.8 Å². The summed E-state index contributed by atoms with van der Waals surface area (Å²) < 4.78 is 40.4. The lowest BCUT2D eigenvalue weighted by Gasteiger charge is -2.22. The van der Waals surface area contributed by atoms with Crippen LogP contribution in [0.25, 0.3) is 0 Å². The fourth-order valence-corrected chi connectivity index (χ4v) is 3.14. The van der Waals surface area contributed by atoms with E-state index in [1.165, 1.54) is 0 Å². The SMILES string of the molecule is CC(C)(CO)CNS(=O)(=O)c1cc(Cl)c(Br)c(N)c1F. The van der Waals surface area contributed by atoms with Crippen LogP contribution >= 0.6 is 27.5 Å². The molecule has 0 heterocycles. The van der Waals surface area contributed by atoms with Gasteiger partial charge < -0.3 is 10.8 Å². The molecule has 4 N–H and O–H groups in total. The topological polar surface area (TPSA) is 92.4 Å². The van der Waals surface area contributed by atoms with Gasteiger partial charge in [-0.05, 0) is 22.0 Å². The van der Waals surface area contributed by atoms with Crippen LogP contribution in [0.3, 0.4) is 0 Å². The molecule has 1 aromatic rings. The zero-order chi connectivity index (χ0) is 15.7. The van der Waals surface area contributed by atoms with Gasteiger partial charge in [-0.25, -0.2) is 17.5 Å². The second-order valence-electron chi connectivity index (χ2n) is 5.05. The molecule has 0 unspecified atom stereocenters. The van der Waals surface area contributed by atoms with Crippen molar-refractivity contribution in [2.45, 2.75) is 18.7 Å². The van der Waals surface area contributed by atoms with E-state index in [2.05, 4.69) is 20.7 Å². The maximum atomic E-state index is 14.0. The van der Waals surface area contributed by atoms with E-state index < -0.39 is 26.2 Å². The first-order valence-corrected chi connectivity index (χ1v) is 8.21. The van der Waals surface area contributed by atoms with E-state index in [9.17, 15) is 12.8 Å². The third-order valence-electron chi connectivity index (χ3n) is 2.62. The summed E-state index contributed by atoms with van der Waals surface area (Å²) in [6.07, 6.45) is 0. The smallest absolute Gasteiger partial charge is 0.243 e. The Hall–Kier alpha value is -0.410. The summed E-state index contributed by atoms with van der Waals surface area (Å²) in [5, 5.41) is 9.08. The largest absolute Gasteiger partial charge is 0.396 e. The molecule has 0 aromatic heterocycles. The number of rotatable bonds is 5. The number of halogens is 3. The van der Waals surface area contributed by atoms with Crippen molar-refractivity contribution in [2.24, 2.45) is 5.41 Å². The van der Waals surface area contributed by atoms with Crippen LogP contribution in [0.2, 0.25) is 5.02 Å². The minimum Gasteiger partial charge on any atom is -0.396 e. The predicted molar refractivity (Wildman–Crippen MR) is 79.6 cm³/mol. The van der Waals surface area contributed by atoms with Gasteiger partial charge in [0.25, 0.3) is 0 Å². The zero-order valence-corrected chi connectivity index (χ0v) is 14.0. The number of hydrogen-bond donors (Lipinski definition) is 3. The van der Waals surface area contributed by atoms with Gasteiger partial charge in [0.2, 0.25) is 10.0 Å². The maximum Gasteiger partial charge on any atom is 0.243 e. The minimum atomic E-state index is -4.12. The van der Waals surface area contributed by atoms with Gasteiger partial charge in [-0.15, -0.1) is 0 Å². The quantitative estimate of drug-likeness (QED) is 0.531. The van der Waals surface area contributed by atoms with Crippen molar-refractivity contribution >= 4 is 43.2 Å². The lowest BCUT2D eigenvalue weighted by Crippen LogP contribution is -2.36. The van der Waals surface area contributed by atoms with Gasteiger partial charge in [-0.1, -0.05) is 25.4 Å². The van der Waals surface area contributed by atoms with E-state index in [-0.39, 0.29) is 28.3 Å². The van der Waals surface area contributed by atoms with Crippen molar-refractivity contribution in [3.63, 3.8) is 0 Å². The molecule has 0 aliphatic rings. The Kier molecular flexibility index (Phi) is 5.42. The molecular weight excluding hydrogens is 375 g/mol. The number of nitrogens with one attached hydrogen (secondary N) is 1. The highest BCUT2D eigenvalue weighted by Gasteiger charge is 2.26. The molecule has 0 aliphatic carbocycles. The molecule has 1 aromatic carbocycles. The average molecular weight is 390 g/mol. The molecule has 1 rings (SSSR count). The molecule has 0 spiro atoms. The van der Waals surface area contributed by atoms with Gasteiger partial charge in [0.05, 0.1) is 15.2 Å². The number of aliphatic hydroxyl groups is 1. The Morgan fingerprint density at radius 1 is 1.55 bits per heavy atom. The number of benzene rings is 1. The molecular formula is C11H15BrClFN2O3S. The molecule has 9 heteroatoms. The number of nitrogens with two attached hydrogens (primary N) is 1. The van der Waals surface area contributed by atoms with Crippen LogP contribution in [0, 0.1) is 11.2 Å². The van der Waals surface area contributed by atoms with Crippen molar-refractivity contribution in [3.05, 3.63) is 21.4 Å². The van der Waals surface area contributed by atoms with Crippen LogP contribution < -0.4 is 10.5 Å². The van der Waals surface area contributed by atoms with Gasteiger partial charge in [0.15, 0.2) is 5.82 Å². The molecule has 0 atom stereocenters. The third kappa shape index (κ3) is 3.82.